The minimum atomic E-state index is -4.45. The Kier molecular flexibility index (Phi) is 6.95. The second-order valence-corrected chi connectivity index (χ2v) is 8.21. The number of halogens is 3. The zero-order valence-corrected chi connectivity index (χ0v) is 18.2. The van der Waals surface area contributed by atoms with Crippen LogP contribution in [0.25, 0.3) is 11.4 Å². The van der Waals surface area contributed by atoms with Crippen LogP contribution in [0.15, 0.2) is 53.3 Å². The van der Waals surface area contributed by atoms with E-state index in [0.717, 1.165) is 12.1 Å². The first-order valence-corrected chi connectivity index (χ1v) is 10.9. The molecule has 3 aromatic rings. The van der Waals surface area contributed by atoms with Gasteiger partial charge in [-0.2, -0.15) is 13.2 Å². The molecule has 10 heteroatoms. The molecule has 0 spiro atoms. The first kappa shape index (κ1) is 23.5. The van der Waals surface area contributed by atoms with E-state index in [-0.39, 0.29) is 25.1 Å². The number of aromatic nitrogens is 3. The largest absolute Gasteiger partial charge is 0.493 e. The molecule has 2 N–H and O–H groups in total. The average molecular weight is 472 g/mol. The molecule has 7 nitrogen and oxygen atoms in total. The lowest BCUT2D eigenvalue weighted by Gasteiger charge is -2.09. The Morgan fingerprint density at radius 2 is 1.91 bits per heavy atom. The van der Waals surface area contributed by atoms with Gasteiger partial charge in [0.05, 0.1) is 12.2 Å². The summed E-state index contributed by atoms with van der Waals surface area (Å²) in [4.78, 5) is 27.2. The van der Waals surface area contributed by atoms with Gasteiger partial charge in [0.2, 0.25) is 5.91 Å². The van der Waals surface area contributed by atoms with Crippen molar-refractivity contribution in [2.24, 2.45) is 5.92 Å². The molecule has 2 aromatic carbocycles. The molecule has 1 aliphatic rings. The first-order chi connectivity index (χ1) is 16.3. The van der Waals surface area contributed by atoms with Gasteiger partial charge in [-0.05, 0) is 48.6 Å². The van der Waals surface area contributed by atoms with Crippen molar-refractivity contribution in [1.82, 2.24) is 20.5 Å². The van der Waals surface area contributed by atoms with Gasteiger partial charge in [-0.15, -0.1) is 10.2 Å². The summed E-state index contributed by atoms with van der Waals surface area (Å²) in [5, 5.41) is 10.6. The molecule has 34 heavy (non-hydrogen) atoms. The molecule has 4 rings (SSSR count). The molecule has 0 unspecified atom stereocenters. The van der Waals surface area contributed by atoms with Crippen molar-refractivity contribution in [3.05, 3.63) is 75.7 Å². The molecule has 1 saturated carbocycles. The standard InChI is InChI=1S/C24H23F3N4O3/c25-24(26,27)18-5-1-3-16(11-18)13-28-21(32)10-9-20-23(33)29-22(31-30-20)17-4-2-6-19(12-17)34-14-15-7-8-15/h1-6,11-12,15H,7-10,13-14H2,(H,28,32)(H,29,31,33). The van der Waals surface area contributed by atoms with Crippen LogP contribution >= 0.6 is 0 Å². The molecular formula is C24H23F3N4O3. The second kappa shape index (κ2) is 10.1. The van der Waals surface area contributed by atoms with E-state index in [4.69, 9.17) is 4.74 Å². The van der Waals surface area contributed by atoms with Crippen molar-refractivity contribution in [2.75, 3.05) is 6.61 Å². The van der Waals surface area contributed by atoms with Crippen LogP contribution in [0.5, 0.6) is 5.75 Å². The molecule has 1 amide bonds. The summed E-state index contributed by atoms with van der Waals surface area (Å²) in [7, 11) is 0. The van der Waals surface area contributed by atoms with E-state index < -0.39 is 23.2 Å². The van der Waals surface area contributed by atoms with Crippen LogP contribution in [0.3, 0.4) is 0 Å². The summed E-state index contributed by atoms with van der Waals surface area (Å²) in [6, 6.07) is 11.9. The van der Waals surface area contributed by atoms with Crippen LogP contribution in [-0.4, -0.2) is 27.7 Å². The Morgan fingerprint density at radius 3 is 2.65 bits per heavy atom. The van der Waals surface area contributed by atoms with E-state index in [2.05, 4.69) is 20.5 Å². The molecule has 1 heterocycles. The highest BCUT2D eigenvalue weighted by Crippen LogP contribution is 2.30. The van der Waals surface area contributed by atoms with E-state index in [0.29, 0.717) is 35.2 Å². The molecular weight excluding hydrogens is 449 g/mol. The van der Waals surface area contributed by atoms with E-state index >= 15 is 0 Å². The Bertz CT molecular complexity index is 1220. The Morgan fingerprint density at radius 1 is 1.12 bits per heavy atom. The zero-order valence-electron chi connectivity index (χ0n) is 18.2. The smallest absolute Gasteiger partial charge is 0.416 e. The number of nitrogens with zero attached hydrogens (tertiary/aromatic N) is 2. The molecule has 1 fully saturated rings. The highest BCUT2D eigenvalue weighted by atomic mass is 19.4. The van der Waals surface area contributed by atoms with Crippen LogP contribution in [0.2, 0.25) is 0 Å². The fraction of sp³-hybridized carbons (Fsp3) is 0.333. The third-order valence-corrected chi connectivity index (χ3v) is 5.39. The van der Waals surface area contributed by atoms with E-state index in [9.17, 15) is 22.8 Å². The van der Waals surface area contributed by atoms with Crippen LogP contribution in [-0.2, 0) is 23.9 Å². The molecule has 178 valence electrons. The third-order valence-electron chi connectivity index (χ3n) is 5.39. The molecule has 0 atom stereocenters. The lowest BCUT2D eigenvalue weighted by Crippen LogP contribution is -2.25. The number of aryl methyl sites for hydroxylation is 1. The zero-order chi connectivity index (χ0) is 24.1. The van der Waals surface area contributed by atoms with Gasteiger partial charge in [0.1, 0.15) is 11.4 Å². The number of alkyl halides is 3. The number of hydrogen-bond donors (Lipinski definition) is 2. The summed E-state index contributed by atoms with van der Waals surface area (Å²) in [6.45, 7) is 0.614. The maximum atomic E-state index is 12.8. The van der Waals surface area contributed by atoms with Crippen molar-refractivity contribution in [2.45, 2.75) is 38.4 Å². The first-order valence-electron chi connectivity index (χ1n) is 10.9. The fourth-order valence-corrected chi connectivity index (χ4v) is 3.26. The van der Waals surface area contributed by atoms with Gasteiger partial charge in [-0.25, -0.2) is 0 Å². The topological polar surface area (TPSA) is 97.0 Å². The Labute approximate surface area is 193 Å². The molecule has 0 radical (unpaired) electrons. The van der Waals surface area contributed by atoms with E-state index in [1.165, 1.54) is 25.0 Å². The van der Waals surface area contributed by atoms with Crippen molar-refractivity contribution < 1.29 is 22.7 Å². The molecule has 1 aliphatic carbocycles. The van der Waals surface area contributed by atoms with Gasteiger partial charge in [-0.1, -0.05) is 24.3 Å². The summed E-state index contributed by atoms with van der Waals surface area (Å²) in [5.41, 5.74) is -0.156. The second-order valence-electron chi connectivity index (χ2n) is 8.21. The highest BCUT2D eigenvalue weighted by Gasteiger charge is 2.30. The summed E-state index contributed by atoms with van der Waals surface area (Å²) in [6.07, 6.45) is -2.09. The highest BCUT2D eigenvalue weighted by molar-refractivity contribution is 5.76. The van der Waals surface area contributed by atoms with Crippen molar-refractivity contribution >= 4 is 5.91 Å². The van der Waals surface area contributed by atoms with E-state index in [1.807, 2.05) is 6.07 Å². The molecule has 0 saturated heterocycles. The monoisotopic (exact) mass is 472 g/mol. The number of ether oxygens (including phenoxy) is 1. The number of H-pyrrole nitrogens is 1. The van der Waals surface area contributed by atoms with E-state index in [1.54, 1.807) is 18.2 Å². The predicted octanol–water partition coefficient (Wildman–Crippen LogP) is 3.89. The Hall–Kier alpha value is -3.69. The van der Waals surface area contributed by atoms with Crippen molar-refractivity contribution in [3.63, 3.8) is 0 Å². The number of amides is 1. The summed E-state index contributed by atoms with van der Waals surface area (Å²) < 4.78 is 44.1. The summed E-state index contributed by atoms with van der Waals surface area (Å²) >= 11 is 0. The molecule has 1 aromatic heterocycles. The lowest BCUT2D eigenvalue weighted by molar-refractivity contribution is -0.137. The number of hydrogen-bond acceptors (Lipinski definition) is 5. The van der Waals surface area contributed by atoms with Gasteiger partial charge < -0.3 is 15.0 Å². The third kappa shape index (κ3) is 6.43. The van der Waals surface area contributed by atoms with Gasteiger partial charge in [-0.3, -0.25) is 9.59 Å². The number of benzene rings is 2. The number of carbonyl (C=O) groups excluding carboxylic acids is 1. The van der Waals surface area contributed by atoms with Gasteiger partial charge in [0.25, 0.3) is 5.56 Å². The van der Waals surface area contributed by atoms with Crippen LogP contribution in [0.4, 0.5) is 13.2 Å². The maximum Gasteiger partial charge on any atom is 0.416 e. The van der Waals surface area contributed by atoms with Crippen LogP contribution < -0.4 is 15.6 Å². The molecule has 0 bridgehead atoms. The SMILES string of the molecule is O=C(CCc1nnc(-c2cccc(OCC3CC3)c2)[nH]c1=O)NCc1cccc(C(F)(F)F)c1. The Balaban J connectivity index is 1.31. The molecule has 0 aliphatic heterocycles. The van der Waals surface area contributed by atoms with Crippen molar-refractivity contribution in [3.8, 4) is 17.1 Å². The summed E-state index contributed by atoms with van der Waals surface area (Å²) in [5.74, 6) is 1.18. The van der Waals surface area contributed by atoms with Crippen LogP contribution in [0.1, 0.15) is 36.1 Å². The van der Waals surface area contributed by atoms with Crippen molar-refractivity contribution in [1.29, 1.82) is 0 Å². The van der Waals surface area contributed by atoms with Gasteiger partial charge in [0.15, 0.2) is 5.82 Å². The quantitative estimate of drug-likeness (QED) is 0.493. The number of aromatic amines is 1. The normalized spacial score (nSPS) is 13.5. The number of nitrogens with one attached hydrogen (secondary N) is 2. The lowest BCUT2D eigenvalue weighted by atomic mass is 10.1. The average Bonchev–Trinajstić information content (AvgIpc) is 3.65. The number of rotatable bonds is 9. The predicted molar refractivity (Wildman–Crippen MR) is 118 cm³/mol. The van der Waals surface area contributed by atoms with Gasteiger partial charge in [0, 0.05) is 24.9 Å². The minimum Gasteiger partial charge on any atom is -0.493 e. The number of carbonyl (C=O) groups is 1. The van der Waals surface area contributed by atoms with Gasteiger partial charge >= 0.3 is 6.18 Å². The maximum absolute atomic E-state index is 12.8. The minimum absolute atomic E-state index is 0.0432. The van der Waals surface area contributed by atoms with Crippen LogP contribution in [0, 0.1) is 5.92 Å². The fourth-order valence-electron chi connectivity index (χ4n) is 3.26.